The van der Waals surface area contributed by atoms with Gasteiger partial charge in [-0.1, -0.05) is 40.0 Å². The van der Waals surface area contributed by atoms with Gasteiger partial charge in [-0.3, -0.25) is 0 Å². The highest BCUT2D eigenvalue weighted by molar-refractivity contribution is 4.58. The van der Waals surface area contributed by atoms with Crippen molar-refractivity contribution in [1.82, 2.24) is 0 Å². The maximum absolute atomic E-state index is 5.90. The van der Waals surface area contributed by atoms with E-state index < -0.39 is 5.97 Å². The van der Waals surface area contributed by atoms with Crippen LogP contribution in [0.1, 0.15) is 66.2 Å². The van der Waals surface area contributed by atoms with Gasteiger partial charge in [0.15, 0.2) is 0 Å². The number of hydrogen-bond donors (Lipinski definition) is 0. The summed E-state index contributed by atoms with van der Waals surface area (Å²) in [5, 5.41) is 0. The van der Waals surface area contributed by atoms with E-state index in [1.165, 1.54) is 0 Å². The summed E-state index contributed by atoms with van der Waals surface area (Å²) < 4.78 is 23.2. The van der Waals surface area contributed by atoms with E-state index in [9.17, 15) is 0 Å². The van der Waals surface area contributed by atoms with Crippen molar-refractivity contribution in [3.63, 3.8) is 0 Å². The van der Waals surface area contributed by atoms with E-state index in [1.54, 1.807) is 0 Å². The first-order chi connectivity index (χ1) is 9.74. The number of rotatable bonds is 15. The van der Waals surface area contributed by atoms with E-state index >= 15 is 0 Å². The van der Waals surface area contributed by atoms with Gasteiger partial charge in [-0.05, 0) is 26.2 Å². The van der Waals surface area contributed by atoms with Crippen molar-refractivity contribution in [2.45, 2.75) is 72.2 Å². The van der Waals surface area contributed by atoms with Crippen LogP contribution >= 0.6 is 0 Å². The van der Waals surface area contributed by atoms with Crippen LogP contribution in [-0.2, 0) is 18.9 Å². The molecular formula is C16H34O4. The van der Waals surface area contributed by atoms with E-state index in [0.29, 0.717) is 33.0 Å². The Balaban J connectivity index is 4.48. The lowest BCUT2D eigenvalue weighted by Gasteiger charge is -2.33. The smallest absolute Gasteiger partial charge is 0.307 e. The molecule has 0 rings (SSSR count). The monoisotopic (exact) mass is 290 g/mol. The Morgan fingerprint density at radius 3 is 1.35 bits per heavy atom. The van der Waals surface area contributed by atoms with Crippen LogP contribution in [0, 0.1) is 0 Å². The van der Waals surface area contributed by atoms with Crippen molar-refractivity contribution >= 4 is 0 Å². The summed E-state index contributed by atoms with van der Waals surface area (Å²) in [6.07, 6.45) is 6.28. The molecule has 0 radical (unpaired) electrons. The van der Waals surface area contributed by atoms with Crippen molar-refractivity contribution in [2.24, 2.45) is 0 Å². The summed E-state index contributed by atoms with van der Waals surface area (Å²) in [5.41, 5.74) is 0. The molecule has 0 aliphatic heterocycles. The van der Waals surface area contributed by atoms with Crippen LogP contribution in [0.4, 0.5) is 0 Å². The summed E-state index contributed by atoms with van der Waals surface area (Å²) in [5.74, 6) is -1.02. The largest absolute Gasteiger partial charge is 0.373 e. The minimum Gasteiger partial charge on any atom is -0.373 e. The van der Waals surface area contributed by atoms with Gasteiger partial charge < -0.3 is 18.9 Å². The first-order valence-corrected chi connectivity index (χ1v) is 8.24. The fourth-order valence-corrected chi connectivity index (χ4v) is 1.59. The van der Waals surface area contributed by atoms with Gasteiger partial charge in [-0.15, -0.1) is 0 Å². The maximum atomic E-state index is 5.90. The van der Waals surface area contributed by atoms with Crippen LogP contribution in [0.25, 0.3) is 0 Å². The minimum absolute atomic E-state index is 0.334. The highest BCUT2D eigenvalue weighted by atomic mass is 16.9. The fourth-order valence-electron chi connectivity index (χ4n) is 1.59. The van der Waals surface area contributed by atoms with Gasteiger partial charge in [-0.2, -0.15) is 0 Å². The van der Waals surface area contributed by atoms with E-state index in [1.807, 2.05) is 6.92 Å². The Hall–Kier alpha value is -0.160. The van der Waals surface area contributed by atoms with E-state index in [2.05, 4.69) is 20.8 Å². The molecule has 20 heavy (non-hydrogen) atoms. The lowest BCUT2D eigenvalue weighted by atomic mass is 10.3. The highest BCUT2D eigenvalue weighted by Crippen LogP contribution is 2.19. The zero-order valence-corrected chi connectivity index (χ0v) is 13.9. The predicted octanol–water partition coefficient (Wildman–Crippen LogP) is 4.13. The molecule has 122 valence electrons. The molecule has 0 bridgehead atoms. The Labute approximate surface area is 125 Å². The van der Waals surface area contributed by atoms with Crippen molar-refractivity contribution in [3.05, 3.63) is 0 Å². The molecule has 0 amide bonds. The predicted molar refractivity (Wildman–Crippen MR) is 81.8 cm³/mol. The molecule has 0 spiro atoms. The molecule has 0 atom stereocenters. The van der Waals surface area contributed by atoms with Crippen LogP contribution in [0.3, 0.4) is 0 Å². The van der Waals surface area contributed by atoms with E-state index in [4.69, 9.17) is 18.9 Å². The van der Waals surface area contributed by atoms with Crippen molar-refractivity contribution < 1.29 is 18.9 Å². The van der Waals surface area contributed by atoms with Crippen molar-refractivity contribution in [3.8, 4) is 0 Å². The van der Waals surface area contributed by atoms with Gasteiger partial charge in [-0.25, -0.2) is 0 Å². The topological polar surface area (TPSA) is 36.9 Å². The zero-order chi connectivity index (χ0) is 15.1. The van der Waals surface area contributed by atoms with Crippen LogP contribution in [-0.4, -0.2) is 39.0 Å². The molecule has 0 unspecified atom stereocenters. The van der Waals surface area contributed by atoms with Gasteiger partial charge in [0.05, 0.1) is 19.8 Å². The van der Waals surface area contributed by atoms with Gasteiger partial charge in [0, 0.05) is 6.61 Å². The molecule has 0 saturated heterocycles. The molecule has 0 heterocycles. The second kappa shape index (κ2) is 13.8. The van der Waals surface area contributed by atoms with Crippen LogP contribution in [0.5, 0.6) is 0 Å². The van der Waals surface area contributed by atoms with Crippen LogP contribution < -0.4 is 0 Å². The molecular weight excluding hydrogens is 256 g/mol. The SMILES string of the molecule is CCCCOC(COCC)(OCCCC)OCCCC. The van der Waals surface area contributed by atoms with Gasteiger partial charge in [0.25, 0.3) is 0 Å². The van der Waals surface area contributed by atoms with Crippen LogP contribution in [0.15, 0.2) is 0 Å². The molecule has 0 aliphatic carbocycles. The Morgan fingerprint density at radius 1 is 0.650 bits per heavy atom. The maximum Gasteiger partial charge on any atom is 0.307 e. The lowest BCUT2D eigenvalue weighted by molar-refractivity contribution is -0.395. The molecule has 0 saturated carbocycles. The third-order valence-electron chi connectivity index (χ3n) is 2.94. The van der Waals surface area contributed by atoms with Crippen LogP contribution in [0.2, 0.25) is 0 Å². The third kappa shape index (κ3) is 9.70. The zero-order valence-electron chi connectivity index (χ0n) is 13.9. The standard InChI is InChI=1S/C16H34O4/c1-5-9-12-18-16(15-17-8-4,19-13-10-6-2)20-14-11-7-3/h5-15H2,1-4H3. The summed E-state index contributed by atoms with van der Waals surface area (Å²) in [7, 11) is 0. The normalized spacial score (nSPS) is 12.0. The summed E-state index contributed by atoms with van der Waals surface area (Å²) in [6, 6.07) is 0. The second-order valence-corrected chi connectivity index (χ2v) is 4.93. The molecule has 0 aromatic carbocycles. The van der Waals surface area contributed by atoms with E-state index in [-0.39, 0.29) is 0 Å². The number of ether oxygens (including phenoxy) is 4. The molecule has 0 N–H and O–H groups in total. The quantitative estimate of drug-likeness (QED) is 0.336. The Morgan fingerprint density at radius 2 is 1.05 bits per heavy atom. The third-order valence-corrected chi connectivity index (χ3v) is 2.94. The molecule has 4 nitrogen and oxygen atoms in total. The minimum atomic E-state index is -1.02. The molecule has 4 heteroatoms. The average Bonchev–Trinajstić information content (AvgIpc) is 2.46. The lowest BCUT2D eigenvalue weighted by Crippen LogP contribution is -2.45. The Bertz CT molecular complexity index is 170. The van der Waals surface area contributed by atoms with Gasteiger partial charge in [0.2, 0.25) is 0 Å². The first-order valence-electron chi connectivity index (χ1n) is 8.24. The number of hydrogen-bond acceptors (Lipinski definition) is 4. The molecule has 0 fully saturated rings. The second-order valence-electron chi connectivity index (χ2n) is 4.93. The van der Waals surface area contributed by atoms with E-state index in [0.717, 1.165) is 38.5 Å². The fraction of sp³-hybridized carbons (Fsp3) is 1.00. The van der Waals surface area contributed by atoms with Gasteiger partial charge in [0.1, 0.15) is 6.61 Å². The van der Waals surface area contributed by atoms with Crippen molar-refractivity contribution in [1.29, 1.82) is 0 Å². The van der Waals surface area contributed by atoms with Crippen molar-refractivity contribution in [2.75, 3.05) is 33.0 Å². The Kier molecular flexibility index (Phi) is 13.7. The van der Waals surface area contributed by atoms with Gasteiger partial charge >= 0.3 is 5.97 Å². The molecule has 0 aromatic heterocycles. The summed E-state index contributed by atoms with van der Waals surface area (Å²) in [6.45, 7) is 11.3. The molecule has 0 aliphatic rings. The molecule has 0 aromatic rings. The average molecular weight is 290 g/mol. The summed E-state index contributed by atoms with van der Waals surface area (Å²) in [4.78, 5) is 0. The first kappa shape index (κ1) is 19.8. The number of unbranched alkanes of at least 4 members (excludes halogenated alkanes) is 3. The summed E-state index contributed by atoms with van der Waals surface area (Å²) >= 11 is 0. The highest BCUT2D eigenvalue weighted by Gasteiger charge is 2.34.